The third-order valence-electron chi connectivity index (χ3n) is 5.80. The Hall–Kier alpha value is -1.30. The lowest BCUT2D eigenvalue weighted by Gasteiger charge is -2.33. The van der Waals surface area contributed by atoms with Gasteiger partial charge in [-0.2, -0.15) is 0 Å². The molecule has 3 fully saturated rings. The van der Waals surface area contributed by atoms with Crippen molar-refractivity contribution in [3.8, 4) is 0 Å². The summed E-state index contributed by atoms with van der Waals surface area (Å²) < 4.78 is 5.83. The molecule has 0 aromatic carbocycles. The van der Waals surface area contributed by atoms with E-state index >= 15 is 0 Å². The summed E-state index contributed by atoms with van der Waals surface area (Å²) in [6.45, 7) is 6.27. The zero-order valence-corrected chi connectivity index (χ0v) is 14.5. The fourth-order valence-corrected chi connectivity index (χ4v) is 4.47. The monoisotopic (exact) mass is 323 g/mol. The molecule has 3 amide bonds. The second-order valence-electron chi connectivity index (χ2n) is 7.64. The van der Waals surface area contributed by atoms with E-state index in [0.29, 0.717) is 12.5 Å². The van der Waals surface area contributed by atoms with Gasteiger partial charge in [0, 0.05) is 38.2 Å². The highest BCUT2D eigenvalue weighted by atomic mass is 16.5. The molecule has 0 aromatic rings. The summed E-state index contributed by atoms with van der Waals surface area (Å²) in [5.41, 5.74) is 0.135. The number of urea groups is 1. The van der Waals surface area contributed by atoms with Crippen LogP contribution in [0.1, 0.15) is 46.0 Å². The maximum atomic E-state index is 12.5. The van der Waals surface area contributed by atoms with Crippen LogP contribution in [0.4, 0.5) is 4.79 Å². The van der Waals surface area contributed by atoms with Crippen LogP contribution < -0.4 is 5.32 Å². The Morgan fingerprint density at radius 2 is 2.22 bits per heavy atom. The van der Waals surface area contributed by atoms with Crippen molar-refractivity contribution in [2.45, 2.75) is 64.1 Å². The molecular weight excluding hydrogens is 294 g/mol. The number of rotatable bonds is 4. The van der Waals surface area contributed by atoms with E-state index in [0.717, 1.165) is 39.0 Å². The van der Waals surface area contributed by atoms with Crippen molar-refractivity contribution in [1.82, 2.24) is 15.1 Å². The number of likely N-dealkylation sites (tertiary alicyclic amines) is 1. The van der Waals surface area contributed by atoms with Crippen molar-refractivity contribution in [2.24, 2.45) is 5.41 Å². The van der Waals surface area contributed by atoms with Gasteiger partial charge in [0.15, 0.2) is 0 Å². The van der Waals surface area contributed by atoms with Crippen LogP contribution in [0.5, 0.6) is 0 Å². The summed E-state index contributed by atoms with van der Waals surface area (Å²) in [6.07, 6.45) is 5.48. The van der Waals surface area contributed by atoms with Gasteiger partial charge < -0.3 is 19.9 Å². The van der Waals surface area contributed by atoms with Gasteiger partial charge in [0.1, 0.15) is 6.04 Å². The molecule has 0 spiro atoms. The highest BCUT2D eigenvalue weighted by Crippen LogP contribution is 2.47. The van der Waals surface area contributed by atoms with Crippen LogP contribution in [0, 0.1) is 5.41 Å². The van der Waals surface area contributed by atoms with E-state index in [2.05, 4.69) is 5.32 Å². The van der Waals surface area contributed by atoms with Crippen LogP contribution >= 0.6 is 0 Å². The van der Waals surface area contributed by atoms with Crippen LogP contribution in [0.2, 0.25) is 0 Å². The maximum Gasteiger partial charge on any atom is 0.317 e. The molecule has 0 bridgehead atoms. The zero-order valence-electron chi connectivity index (χ0n) is 14.5. The van der Waals surface area contributed by atoms with Crippen molar-refractivity contribution in [3.63, 3.8) is 0 Å². The maximum absolute atomic E-state index is 12.5. The average Bonchev–Trinajstić information content (AvgIpc) is 3.13. The minimum Gasteiger partial charge on any atom is -0.378 e. The second-order valence-corrected chi connectivity index (χ2v) is 7.64. The van der Waals surface area contributed by atoms with Gasteiger partial charge in [-0.1, -0.05) is 6.42 Å². The molecule has 0 radical (unpaired) electrons. The topological polar surface area (TPSA) is 61.9 Å². The standard InChI is InChI=1S/C17H29N3O3/c1-12(2)20-9-6-13(15(20)21)18-16(22)19(3)11-17-7-4-5-14(17)23-10-8-17/h12-14H,4-11H2,1-3H3,(H,18,22)/t13?,14-,17-/m1/s1. The van der Waals surface area contributed by atoms with Gasteiger partial charge in [-0.25, -0.2) is 4.79 Å². The van der Waals surface area contributed by atoms with E-state index in [1.165, 1.54) is 6.42 Å². The first-order valence-electron chi connectivity index (χ1n) is 8.87. The number of carbonyl (C=O) groups excluding carboxylic acids is 2. The van der Waals surface area contributed by atoms with Gasteiger partial charge in [0.25, 0.3) is 0 Å². The normalized spacial score (nSPS) is 33.4. The number of nitrogens with one attached hydrogen (secondary N) is 1. The van der Waals surface area contributed by atoms with Crippen LogP contribution in [-0.4, -0.2) is 66.7 Å². The van der Waals surface area contributed by atoms with Gasteiger partial charge in [-0.05, 0) is 39.5 Å². The Morgan fingerprint density at radius 1 is 1.43 bits per heavy atom. The number of amides is 3. The molecule has 6 heteroatoms. The molecule has 3 aliphatic rings. The van der Waals surface area contributed by atoms with E-state index in [4.69, 9.17) is 4.74 Å². The SMILES string of the molecule is CC(C)N1CCC(NC(=O)N(C)C[C@]23CCC[C@H]2OCC3)C1=O. The van der Waals surface area contributed by atoms with Crippen LogP contribution in [0.25, 0.3) is 0 Å². The summed E-state index contributed by atoms with van der Waals surface area (Å²) >= 11 is 0. The zero-order chi connectivity index (χ0) is 16.6. The van der Waals surface area contributed by atoms with E-state index in [1.807, 2.05) is 25.8 Å². The Kier molecular flexibility index (Phi) is 4.54. The first-order valence-corrected chi connectivity index (χ1v) is 8.87. The van der Waals surface area contributed by atoms with E-state index in [1.54, 1.807) is 4.90 Å². The Balaban J connectivity index is 1.55. The Bertz CT molecular complexity index is 470. The van der Waals surface area contributed by atoms with Gasteiger partial charge in [0.2, 0.25) is 5.91 Å². The van der Waals surface area contributed by atoms with Crippen LogP contribution in [0.3, 0.4) is 0 Å². The number of hydrogen-bond acceptors (Lipinski definition) is 3. The third-order valence-corrected chi connectivity index (χ3v) is 5.80. The van der Waals surface area contributed by atoms with Gasteiger partial charge >= 0.3 is 6.03 Å². The van der Waals surface area contributed by atoms with Gasteiger partial charge in [-0.15, -0.1) is 0 Å². The number of nitrogens with zero attached hydrogens (tertiary/aromatic N) is 2. The first-order chi connectivity index (χ1) is 10.9. The number of carbonyl (C=O) groups is 2. The number of hydrogen-bond donors (Lipinski definition) is 1. The quantitative estimate of drug-likeness (QED) is 0.855. The third kappa shape index (κ3) is 3.05. The predicted octanol–water partition coefficient (Wildman–Crippen LogP) is 1.60. The molecule has 130 valence electrons. The number of ether oxygens (including phenoxy) is 1. The summed E-state index contributed by atoms with van der Waals surface area (Å²) in [7, 11) is 1.83. The fraction of sp³-hybridized carbons (Fsp3) is 0.882. The van der Waals surface area contributed by atoms with Crippen LogP contribution in [-0.2, 0) is 9.53 Å². The molecule has 2 saturated heterocycles. The first kappa shape index (κ1) is 16.6. The smallest absolute Gasteiger partial charge is 0.317 e. The van der Waals surface area contributed by atoms with E-state index < -0.39 is 0 Å². The molecule has 6 nitrogen and oxygen atoms in total. The fourth-order valence-electron chi connectivity index (χ4n) is 4.47. The van der Waals surface area contributed by atoms with Crippen LogP contribution in [0.15, 0.2) is 0 Å². The highest BCUT2D eigenvalue weighted by Gasteiger charge is 2.48. The Labute approximate surface area is 138 Å². The molecule has 3 atom stereocenters. The van der Waals surface area contributed by atoms with Crippen molar-refractivity contribution in [2.75, 3.05) is 26.7 Å². The second kappa shape index (κ2) is 6.30. The molecule has 1 aliphatic carbocycles. The molecule has 0 aromatic heterocycles. The largest absolute Gasteiger partial charge is 0.378 e. The lowest BCUT2D eigenvalue weighted by Crippen LogP contribution is -2.50. The molecule has 1 unspecified atom stereocenters. The summed E-state index contributed by atoms with van der Waals surface area (Å²) in [4.78, 5) is 28.4. The molecule has 2 aliphatic heterocycles. The molecule has 1 saturated carbocycles. The molecular formula is C17H29N3O3. The van der Waals surface area contributed by atoms with Crippen molar-refractivity contribution in [1.29, 1.82) is 0 Å². The van der Waals surface area contributed by atoms with Gasteiger partial charge in [0.05, 0.1) is 6.10 Å². The lowest BCUT2D eigenvalue weighted by molar-refractivity contribution is -0.130. The van der Waals surface area contributed by atoms with Crippen molar-refractivity contribution < 1.29 is 14.3 Å². The predicted molar refractivity (Wildman–Crippen MR) is 87.1 cm³/mol. The molecule has 2 heterocycles. The Morgan fingerprint density at radius 3 is 2.91 bits per heavy atom. The highest BCUT2D eigenvalue weighted by molar-refractivity contribution is 5.88. The minimum absolute atomic E-state index is 0.0443. The number of fused-ring (bicyclic) bond motifs is 1. The van der Waals surface area contributed by atoms with E-state index in [-0.39, 0.29) is 29.4 Å². The molecule has 23 heavy (non-hydrogen) atoms. The molecule has 3 rings (SSSR count). The van der Waals surface area contributed by atoms with E-state index in [9.17, 15) is 9.59 Å². The minimum atomic E-state index is -0.371. The van der Waals surface area contributed by atoms with Crippen molar-refractivity contribution in [3.05, 3.63) is 0 Å². The van der Waals surface area contributed by atoms with Gasteiger partial charge in [-0.3, -0.25) is 4.79 Å². The van der Waals surface area contributed by atoms with Crippen molar-refractivity contribution >= 4 is 11.9 Å². The summed E-state index contributed by atoms with van der Waals surface area (Å²) in [5.74, 6) is 0.0443. The summed E-state index contributed by atoms with van der Waals surface area (Å²) in [5, 5.41) is 2.92. The molecule has 1 N–H and O–H groups in total. The lowest BCUT2D eigenvalue weighted by atomic mass is 9.82. The summed E-state index contributed by atoms with van der Waals surface area (Å²) in [6, 6.07) is -0.319. The average molecular weight is 323 g/mol.